The molecule has 1 aliphatic rings. The number of rotatable bonds is 1. The summed E-state index contributed by atoms with van der Waals surface area (Å²) in [7, 11) is 0. The van der Waals surface area contributed by atoms with E-state index in [4.69, 9.17) is 9.57 Å². The molecule has 1 atom stereocenters. The first-order chi connectivity index (χ1) is 7.97. The van der Waals surface area contributed by atoms with Crippen LogP contribution in [0.4, 0.5) is 18.0 Å². The van der Waals surface area contributed by atoms with Gasteiger partial charge >= 0.3 is 12.3 Å². The third-order valence-electron chi connectivity index (χ3n) is 2.25. The number of carbonyl (C=O) groups is 1. The second-order valence-electron chi connectivity index (χ2n) is 3.43. The molecular weight excluding hydrogens is 239 g/mol. The summed E-state index contributed by atoms with van der Waals surface area (Å²) in [5, 5.41) is 0. The minimum atomic E-state index is -4.38. The van der Waals surface area contributed by atoms with E-state index in [0.29, 0.717) is 5.56 Å². The van der Waals surface area contributed by atoms with Crippen LogP contribution in [0.2, 0.25) is 0 Å². The fourth-order valence-electron chi connectivity index (χ4n) is 1.41. The average molecular weight is 247 g/mol. The van der Waals surface area contributed by atoms with Crippen molar-refractivity contribution in [3.05, 3.63) is 35.4 Å². The molecule has 4 nitrogen and oxygen atoms in total. The molecule has 0 saturated carbocycles. The van der Waals surface area contributed by atoms with Gasteiger partial charge in [0.25, 0.3) is 0 Å². The van der Waals surface area contributed by atoms with E-state index < -0.39 is 23.9 Å². The Morgan fingerprint density at radius 3 is 2.41 bits per heavy atom. The van der Waals surface area contributed by atoms with Crippen LogP contribution in [-0.4, -0.2) is 12.7 Å². The lowest BCUT2D eigenvalue weighted by Crippen LogP contribution is -2.35. The summed E-state index contributed by atoms with van der Waals surface area (Å²) in [6, 6.07) is 4.39. The van der Waals surface area contributed by atoms with Gasteiger partial charge in [-0.15, -0.1) is 0 Å². The van der Waals surface area contributed by atoms with E-state index in [-0.39, 0.29) is 6.61 Å². The molecular formula is C10H8F3NO3. The molecule has 1 amide bonds. The summed E-state index contributed by atoms with van der Waals surface area (Å²) >= 11 is 0. The van der Waals surface area contributed by atoms with Gasteiger partial charge in [-0.1, -0.05) is 12.1 Å². The van der Waals surface area contributed by atoms with Gasteiger partial charge in [-0.3, -0.25) is 4.84 Å². The number of carbonyl (C=O) groups excluding carboxylic acids is 1. The highest BCUT2D eigenvalue weighted by atomic mass is 19.4. The molecule has 0 aromatic heterocycles. The Labute approximate surface area is 94.3 Å². The second kappa shape index (κ2) is 4.25. The summed E-state index contributed by atoms with van der Waals surface area (Å²) in [6.45, 7) is 0.0527. The molecule has 1 aromatic rings. The Balaban J connectivity index is 2.15. The van der Waals surface area contributed by atoms with Gasteiger partial charge in [0.2, 0.25) is 0 Å². The van der Waals surface area contributed by atoms with Crippen molar-refractivity contribution >= 4 is 6.09 Å². The number of benzene rings is 1. The van der Waals surface area contributed by atoms with Crippen molar-refractivity contribution in [2.45, 2.75) is 12.3 Å². The Morgan fingerprint density at radius 2 is 1.88 bits per heavy atom. The van der Waals surface area contributed by atoms with Crippen LogP contribution in [0.15, 0.2) is 24.3 Å². The normalized spacial score (nSPS) is 20.6. The number of hydroxylamine groups is 1. The number of hydrogen-bond acceptors (Lipinski definition) is 3. The molecule has 17 heavy (non-hydrogen) atoms. The van der Waals surface area contributed by atoms with Crippen molar-refractivity contribution in [2.75, 3.05) is 6.61 Å². The molecule has 1 saturated heterocycles. The van der Waals surface area contributed by atoms with E-state index in [0.717, 1.165) is 12.1 Å². The number of nitrogens with one attached hydrogen (secondary N) is 1. The second-order valence-corrected chi connectivity index (χ2v) is 3.43. The Hall–Kier alpha value is -1.76. The summed E-state index contributed by atoms with van der Waals surface area (Å²) in [4.78, 5) is 15.5. The molecule has 1 aliphatic heterocycles. The lowest BCUT2D eigenvalue weighted by molar-refractivity contribution is -0.137. The summed E-state index contributed by atoms with van der Waals surface area (Å²) in [5.74, 6) is 0. The van der Waals surface area contributed by atoms with Crippen molar-refractivity contribution < 1.29 is 27.5 Å². The number of ether oxygens (including phenoxy) is 1. The fraction of sp³-hybridized carbons (Fsp3) is 0.300. The van der Waals surface area contributed by atoms with E-state index in [9.17, 15) is 18.0 Å². The maximum absolute atomic E-state index is 12.3. The molecule has 92 valence electrons. The summed E-state index contributed by atoms with van der Waals surface area (Å²) < 4.78 is 41.8. The van der Waals surface area contributed by atoms with Crippen LogP contribution in [0.3, 0.4) is 0 Å². The molecule has 0 aliphatic carbocycles. The fourth-order valence-corrected chi connectivity index (χ4v) is 1.41. The Bertz CT molecular complexity index is 416. The van der Waals surface area contributed by atoms with Gasteiger partial charge in [0.1, 0.15) is 6.61 Å². The lowest BCUT2D eigenvalue weighted by atomic mass is 10.1. The van der Waals surface area contributed by atoms with Gasteiger partial charge in [-0.2, -0.15) is 18.7 Å². The van der Waals surface area contributed by atoms with Gasteiger partial charge < -0.3 is 4.74 Å². The molecule has 7 heteroatoms. The number of hydrogen-bond donors (Lipinski definition) is 1. The lowest BCUT2D eigenvalue weighted by Gasteiger charge is -2.23. The van der Waals surface area contributed by atoms with E-state index in [1.807, 2.05) is 5.48 Å². The molecule has 1 unspecified atom stereocenters. The van der Waals surface area contributed by atoms with Crippen molar-refractivity contribution in [1.82, 2.24) is 5.48 Å². The molecule has 2 rings (SSSR count). The smallest absolute Gasteiger partial charge is 0.432 e. The topological polar surface area (TPSA) is 47.6 Å². The minimum absolute atomic E-state index is 0.0527. The number of halogens is 3. The molecule has 1 N–H and O–H groups in total. The van der Waals surface area contributed by atoms with Crippen molar-refractivity contribution in [3.8, 4) is 0 Å². The van der Waals surface area contributed by atoms with E-state index in [1.54, 1.807) is 0 Å². The zero-order chi connectivity index (χ0) is 12.5. The van der Waals surface area contributed by atoms with Crippen LogP contribution in [-0.2, 0) is 15.8 Å². The van der Waals surface area contributed by atoms with Gasteiger partial charge in [-0.05, 0) is 17.7 Å². The first-order valence-corrected chi connectivity index (χ1v) is 4.72. The zero-order valence-corrected chi connectivity index (χ0v) is 8.45. The minimum Gasteiger partial charge on any atom is -0.437 e. The largest absolute Gasteiger partial charge is 0.437 e. The van der Waals surface area contributed by atoms with Crippen LogP contribution in [0, 0.1) is 0 Å². The van der Waals surface area contributed by atoms with Crippen molar-refractivity contribution in [1.29, 1.82) is 0 Å². The van der Waals surface area contributed by atoms with Crippen LogP contribution < -0.4 is 5.48 Å². The van der Waals surface area contributed by atoms with E-state index in [1.165, 1.54) is 12.1 Å². The van der Waals surface area contributed by atoms with Crippen LogP contribution in [0.1, 0.15) is 17.2 Å². The predicted molar refractivity (Wildman–Crippen MR) is 49.8 cm³/mol. The zero-order valence-electron chi connectivity index (χ0n) is 8.45. The van der Waals surface area contributed by atoms with Crippen LogP contribution in [0.5, 0.6) is 0 Å². The summed E-state index contributed by atoms with van der Waals surface area (Å²) in [5.41, 5.74) is 1.68. The van der Waals surface area contributed by atoms with Gasteiger partial charge in [-0.25, -0.2) is 4.79 Å². The monoisotopic (exact) mass is 247 g/mol. The third kappa shape index (κ3) is 2.68. The molecule has 0 bridgehead atoms. The van der Waals surface area contributed by atoms with Gasteiger partial charge in [0.15, 0.2) is 6.10 Å². The summed E-state index contributed by atoms with van der Waals surface area (Å²) in [6.07, 6.45) is -5.83. The average Bonchev–Trinajstić information content (AvgIpc) is 2.28. The number of cyclic esters (lactones) is 1. The van der Waals surface area contributed by atoms with E-state index in [2.05, 4.69) is 0 Å². The highest BCUT2D eigenvalue weighted by Gasteiger charge is 2.31. The van der Waals surface area contributed by atoms with E-state index >= 15 is 0 Å². The molecule has 1 fully saturated rings. The third-order valence-corrected chi connectivity index (χ3v) is 2.25. The van der Waals surface area contributed by atoms with Crippen LogP contribution >= 0.6 is 0 Å². The number of amides is 1. The number of alkyl halides is 3. The SMILES string of the molecule is O=C1NOCC(c2ccc(C(F)(F)F)cc2)O1. The standard InChI is InChI=1S/C10H8F3NO3/c11-10(12,13)7-3-1-6(2-4-7)8-5-16-14-9(15)17-8/h1-4,8H,5H2,(H,14,15). The Morgan fingerprint density at radius 1 is 1.24 bits per heavy atom. The molecule has 1 heterocycles. The quantitative estimate of drug-likeness (QED) is 0.829. The maximum atomic E-state index is 12.3. The Kier molecular flexibility index (Phi) is 2.93. The molecule has 0 spiro atoms. The first-order valence-electron chi connectivity index (χ1n) is 4.72. The van der Waals surface area contributed by atoms with Crippen LogP contribution in [0.25, 0.3) is 0 Å². The molecule has 0 radical (unpaired) electrons. The highest BCUT2D eigenvalue weighted by Crippen LogP contribution is 2.30. The molecule has 1 aromatic carbocycles. The highest BCUT2D eigenvalue weighted by molar-refractivity contribution is 5.66. The predicted octanol–water partition coefficient (Wildman–Crippen LogP) is 2.42. The van der Waals surface area contributed by atoms with Crippen molar-refractivity contribution in [2.24, 2.45) is 0 Å². The maximum Gasteiger partial charge on any atom is 0.432 e. The van der Waals surface area contributed by atoms with Crippen molar-refractivity contribution in [3.63, 3.8) is 0 Å². The first kappa shape index (κ1) is 11.7. The van der Waals surface area contributed by atoms with Gasteiger partial charge in [0.05, 0.1) is 5.56 Å². The van der Waals surface area contributed by atoms with Gasteiger partial charge in [0, 0.05) is 0 Å².